The van der Waals surface area contributed by atoms with Crippen molar-refractivity contribution >= 4 is 10.9 Å². The molecule has 0 spiro atoms. The Morgan fingerprint density at radius 1 is 1.09 bits per heavy atom. The van der Waals surface area contributed by atoms with Crippen molar-refractivity contribution in [3.8, 4) is 11.3 Å². The molecule has 2 aromatic carbocycles. The Labute approximate surface area is 133 Å². The van der Waals surface area contributed by atoms with Gasteiger partial charge in [-0.2, -0.15) is 0 Å². The van der Waals surface area contributed by atoms with Gasteiger partial charge in [0.15, 0.2) is 0 Å². The molecule has 2 atom stereocenters. The molecule has 23 heavy (non-hydrogen) atoms. The van der Waals surface area contributed by atoms with Gasteiger partial charge in [0.2, 0.25) is 0 Å². The van der Waals surface area contributed by atoms with Crippen molar-refractivity contribution in [2.75, 3.05) is 0 Å². The van der Waals surface area contributed by atoms with Crippen LogP contribution >= 0.6 is 0 Å². The first-order valence-corrected chi connectivity index (χ1v) is 7.88. The first kappa shape index (κ1) is 14.4. The highest BCUT2D eigenvalue weighted by Crippen LogP contribution is 2.44. The van der Waals surface area contributed by atoms with Gasteiger partial charge in [-0.05, 0) is 37.0 Å². The Bertz CT molecular complexity index is 881. The van der Waals surface area contributed by atoms with Gasteiger partial charge in [0.05, 0.1) is 11.2 Å². The lowest BCUT2D eigenvalue weighted by molar-refractivity contribution is 0.349. The van der Waals surface area contributed by atoms with E-state index in [9.17, 15) is 8.78 Å². The Morgan fingerprint density at radius 2 is 1.83 bits per heavy atom. The van der Waals surface area contributed by atoms with E-state index >= 15 is 0 Å². The number of hydrogen-bond acceptors (Lipinski definition) is 1. The molecule has 4 rings (SSSR count). The minimum Gasteiger partial charge on any atom is -0.352 e. The highest BCUT2D eigenvalue weighted by Gasteiger charge is 2.34. The number of H-pyrrole nitrogens is 1. The van der Waals surface area contributed by atoms with Crippen molar-refractivity contribution in [1.29, 1.82) is 0 Å². The molecule has 1 fully saturated rings. The van der Waals surface area contributed by atoms with Crippen molar-refractivity contribution in [2.45, 2.75) is 31.7 Å². The Balaban J connectivity index is 2.00. The molecule has 2 nitrogen and oxygen atoms in total. The topological polar surface area (TPSA) is 41.8 Å². The van der Waals surface area contributed by atoms with Crippen LogP contribution in [0.3, 0.4) is 0 Å². The van der Waals surface area contributed by atoms with Crippen molar-refractivity contribution < 1.29 is 8.78 Å². The number of benzene rings is 2. The van der Waals surface area contributed by atoms with Gasteiger partial charge in [-0.3, -0.25) is 0 Å². The zero-order chi connectivity index (χ0) is 16.1. The highest BCUT2D eigenvalue weighted by atomic mass is 19.1. The van der Waals surface area contributed by atoms with Gasteiger partial charge in [0.1, 0.15) is 11.6 Å². The number of rotatable bonds is 2. The molecule has 3 N–H and O–H groups in total. The standard InChI is InChI=1S/C19H18F2N2/c1-10-2-4-11(5-3-10)18-17(13-6-7-16(13)22)14-8-12(20)9-15(21)19(14)23-18/h2-5,8-9,13,16,23H,6-7,22H2,1H3. The number of hydrogen-bond donors (Lipinski definition) is 2. The van der Waals surface area contributed by atoms with E-state index in [4.69, 9.17) is 5.73 Å². The summed E-state index contributed by atoms with van der Waals surface area (Å²) in [6.07, 6.45) is 1.90. The summed E-state index contributed by atoms with van der Waals surface area (Å²) in [4.78, 5) is 3.17. The summed E-state index contributed by atoms with van der Waals surface area (Å²) < 4.78 is 27.9. The summed E-state index contributed by atoms with van der Waals surface area (Å²) in [6, 6.07) is 10.4. The number of aromatic amines is 1. The normalized spacial score (nSPS) is 20.7. The average molecular weight is 312 g/mol. The molecule has 4 heteroatoms. The number of aryl methyl sites for hydroxylation is 1. The third-order valence-corrected chi connectivity index (χ3v) is 4.90. The molecule has 0 aliphatic heterocycles. The van der Waals surface area contributed by atoms with E-state index in [-0.39, 0.29) is 12.0 Å². The lowest BCUT2D eigenvalue weighted by atomic mass is 9.74. The van der Waals surface area contributed by atoms with Crippen LogP contribution in [0.2, 0.25) is 0 Å². The van der Waals surface area contributed by atoms with Crippen LogP contribution in [0.25, 0.3) is 22.2 Å². The van der Waals surface area contributed by atoms with Gasteiger partial charge in [-0.15, -0.1) is 0 Å². The quantitative estimate of drug-likeness (QED) is 0.712. The van der Waals surface area contributed by atoms with E-state index in [0.717, 1.165) is 41.3 Å². The fraction of sp³-hybridized carbons (Fsp3) is 0.263. The average Bonchev–Trinajstić information content (AvgIpc) is 2.86. The summed E-state index contributed by atoms with van der Waals surface area (Å²) in [5.74, 6) is -0.979. The second-order valence-electron chi connectivity index (χ2n) is 6.44. The minimum absolute atomic E-state index is 0.0459. The maximum Gasteiger partial charge on any atom is 0.150 e. The van der Waals surface area contributed by atoms with Gasteiger partial charge in [-0.1, -0.05) is 29.8 Å². The van der Waals surface area contributed by atoms with Crippen molar-refractivity contribution in [3.63, 3.8) is 0 Å². The molecular weight excluding hydrogens is 294 g/mol. The van der Waals surface area contributed by atoms with Crippen LogP contribution in [0.1, 0.15) is 29.9 Å². The van der Waals surface area contributed by atoms with Crippen LogP contribution in [-0.2, 0) is 0 Å². The van der Waals surface area contributed by atoms with E-state index in [1.165, 1.54) is 6.07 Å². The van der Waals surface area contributed by atoms with E-state index in [0.29, 0.717) is 10.9 Å². The molecular formula is C19H18F2N2. The SMILES string of the molecule is Cc1ccc(-c2[nH]c3c(F)cc(F)cc3c2C2CCC2N)cc1. The largest absolute Gasteiger partial charge is 0.352 e. The molecule has 1 aliphatic rings. The van der Waals surface area contributed by atoms with Crippen LogP contribution in [0.5, 0.6) is 0 Å². The summed E-state index contributed by atoms with van der Waals surface area (Å²) in [6.45, 7) is 2.02. The van der Waals surface area contributed by atoms with Crippen molar-refractivity contribution in [3.05, 3.63) is 59.2 Å². The number of nitrogens with two attached hydrogens (primary N) is 1. The van der Waals surface area contributed by atoms with Crippen molar-refractivity contribution in [2.24, 2.45) is 5.73 Å². The molecule has 3 aromatic rings. The van der Waals surface area contributed by atoms with Crippen LogP contribution in [0, 0.1) is 18.6 Å². The Kier molecular flexibility index (Phi) is 3.23. The third-order valence-electron chi connectivity index (χ3n) is 4.90. The molecule has 0 saturated heterocycles. The van der Waals surface area contributed by atoms with Crippen LogP contribution in [0.4, 0.5) is 8.78 Å². The fourth-order valence-electron chi connectivity index (χ4n) is 3.46. The predicted molar refractivity (Wildman–Crippen MR) is 88.3 cm³/mol. The second-order valence-corrected chi connectivity index (χ2v) is 6.44. The molecule has 1 aromatic heterocycles. The smallest absolute Gasteiger partial charge is 0.150 e. The first-order chi connectivity index (χ1) is 11.0. The van der Waals surface area contributed by atoms with Crippen LogP contribution in [-0.4, -0.2) is 11.0 Å². The minimum atomic E-state index is -0.562. The molecule has 1 aliphatic carbocycles. The van der Waals surface area contributed by atoms with Crippen LogP contribution in [0.15, 0.2) is 36.4 Å². The molecule has 0 bridgehead atoms. The predicted octanol–water partition coefficient (Wildman–Crippen LogP) is 4.63. The van der Waals surface area contributed by atoms with E-state index in [2.05, 4.69) is 4.98 Å². The van der Waals surface area contributed by atoms with Gasteiger partial charge in [-0.25, -0.2) is 8.78 Å². The lowest BCUT2D eigenvalue weighted by Gasteiger charge is -2.34. The lowest BCUT2D eigenvalue weighted by Crippen LogP contribution is -2.37. The number of aromatic nitrogens is 1. The summed E-state index contributed by atoms with van der Waals surface area (Å²) in [7, 11) is 0. The maximum absolute atomic E-state index is 14.2. The zero-order valence-corrected chi connectivity index (χ0v) is 12.9. The number of halogens is 2. The molecule has 2 unspecified atom stereocenters. The van der Waals surface area contributed by atoms with Crippen LogP contribution < -0.4 is 5.73 Å². The van der Waals surface area contributed by atoms with E-state index in [1.807, 2.05) is 31.2 Å². The van der Waals surface area contributed by atoms with Gasteiger partial charge in [0, 0.05) is 23.4 Å². The number of nitrogens with one attached hydrogen (secondary N) is 1. The van der Waals surface area contributed by atoms with Gasteiger partial charge in [0.25, 0.3) is 0 Å². The Morgan fingerprint density at radius 3 is 2.43 bits per heavy atom. The molecule has 1 heterocycles. The van der Waals surface area contributed by atoms with Crippen molar-refractivity contribution in [1.82, 2.24) is 4.98 Å². The second kappa shape index (κ2) is 5.17. The molecule has 1 saturated carbocycles. The monoisotopic (exact) mass is 312 g/mol. The molecule has 0 amide bonds. The van der Waals surface area contributed by atoms with Gasteiger partial charge < -0.3 is 10.7 Å². The van der Waals surface area contributed by atoms with E-state index < -0.39 is 11.6 Å². The highest BCUT2D eigenvalue weighted by molar-refractivity contribution is 5.92. The zero-order valence-electron chi connectivity index (χ0n) is 12.9. The molecule has 118 valence electrons. The Hall–Kier alpha value is -2.20. The maximum atomic E-state index is 14.2. The van der Waals surface area contributed by atoms with E-state index in [1.54, 1.807) is 0 Å². The summed E-state index contributed by atoms with van der Waals surface area (Å²) in [5, 5.41) is 0.609. The number of fused-ring (bicyclic) bond motifs is 1. The third kappa shape index (κ3) is 2.25. The fourth-order valence-corrected chi connectivity index (χ4v) is 3.46. The van der Waals surface area contributed by atoms with Gasteiger partial charge >= 0.3 is 0 Å². The summed E-state index contributed by atoms with van der Waals surface area (Å²) >= 11 is 0. The first-order valence-electron chi connectivity index (χ1n) is 7.88. The molecule has 0 radical (unpaired) electrons. The summed E-state index contributed by atoms with van der Waals surface area (Å²) in [5.41, 5.74) is 10.4.